The molecule has 6 aliphatic rings. The molecule has 2 aromatic heterocycles. The highest BCUT2D eigenvalue weighted by Crippen LogP contribution is 2.41. The Morgan fingerprint density at radius 2 is 1.25 bits per heavy atom. The molecule has 4 aliphatic carbocycles. The molecule has 2 saturated heterocycles. The lowest BCUT2D eigenvalue weighted by molar-refractivity contribution is 0.0390. The number of nitrogens with zero attached hydrogens (tertiary/aromatic N) is 7. The van der Waals surface area contributed by atoms with Gasteiger partial charge in [-0.1, -0.05) is 31.8 Å². The molecule has 6 N–H and O–H groups in total. The SMILES string of the molecule is C[Si](C)(C)CCOCn1nc(S(=O)(=O)Cl)nc1Nc1c2c(cc3c1CCC3)CCC2.NCCN1CCOCC1.O=S(=O)(NCCN1CCOCC1)c1nc(Nc2c3c(cc4c2CCC4)CCC3)n[nH]1. The van der Waals surface area contributed by atoms with E-state index in [4.69, 9.17) is 30.6 Å². The van der Waals surface area contributed by atoms with Crippen LogP contribution in [0.5, 0.6) is 0 Å². The first kappa shape index (κ1) is 51.8. The number of fused-ring (bicyclic) bond motifs is 4. The van der Waals surface area contributed by atoms with Crippen molar-refractivity contribution in [1.29, 1.82) is 0 Å². The van der Waals surface area contributed by atoms with Gasteiger partial charge in [0.05, 0.1) is 26.4 Å². The number of aromatic nitrogens is 6. The molecule has 0 spiro atoms. The Morgan fingerprint density at radius 1 is 0.739 bits per heavy atom. The van der Waals surface area contributed by atoms with Crippen molar-refractivity contribution in [3.8, 4) is 0 Å². The molecule has 0 atom stereocenters. The molecule has 4 aromatic rings. The number of nitrogens with two attached hydrogens (primary N) is 1. The van der Waals surface area contributed by atoms with E-state index in [0.29, 0.717) is 44.8 Å². The first-order valence-electron chi connectivity index (χ1n) is 24.7. The second-order valence-electron chi connectivity index (χ2n) is 19.8. The zero-order valence-corrected chi connectivity index (χ0v) is 43.9. The fraction of sp³-hybridized carbons (Fsp3) is 0.652. The van der Waals surface area contributed by atoms with Crippen molar-refractivity contribution in [3.05, 3.63) is 56.6 Å². The van der Waals surface area contributed by atoms with Gasteiger partial charge in [-0.05, 0) is 128 Å². The molecule has 69 heavy (non-hydrogen) atoms. The summed E-state index contributed by atoms with van der Waals surface area (Å²) in [5.74, 6) is 0.662. The van der Waals surface area contributed by atoms with Crippen LogP contribution in [-0.4, -0.2) is 150 Å². The molecule has 380 valence electrons. The maximum Gasteiger partial charge on any atom is 0.298 e. The number of benzene rings is 2. The number of sulfonamides is 1. The summed E-state index contributed by atoms with van der Waals surface area (Å²) in [7, 11) is -3.46. The Hall–Kier alpha value is -3.55. The third-order valence-corrected chi connectivity index (χ3v) is 17.6. The van der Waals surface area contributed by atoms with E-state index >= 15 is 0 Å². The molecular formula is C46H71ClN12O7S2Si. The van der Waals surface area contributed by atoms with Crippen LogP contribution in [0.25, 0.3) is 0 Å². The van der Waals surface area contributed by atoms with E-state index in [0.717, 1.165) is 147 Å². The minimum Gasteiger partial charge on any atom is -0.379 e. The fourth-order valence-electron chi connectivity index (χ4n) is 9.96. The van der Waals surface area contributed by atoms with Gasteiger partial charge < -0.3 is 30.6 Å². The van der Waals surface area contributed by atoms with Crippen molar-refractivity contribution in [2.24, 2.45) is 5.73 Å². The number of halogens is 1. The van der Waals surface area contributed by atoms with Crippen LogP contribution in [0.1, 0.15) is 70.2 Å². The van der Waals surface area contributed by atoms with Crippen molar-refractivity contribution in [3.63, 3.8) is 0 Å². The lowest BCUT2D eigenvalue weighted by Gasteiger charge is -2.26. The number of ether oxygens (including phenoxy) is 3. The summed E-state index contributed by atoms with van der Waals surface area (Å²) in [6.45, 7) is 17.2. The van der Waals surface area contributed by atoms with Crippen LogP contribution in [-0.2, 0) is 91.4 Å². The normalized spacial score (nSPS) is 18.2. The number of H-pyrrole nitrogens is 1. The number of aromatic amines is 1. The number of morpholine rings is 2. The maximum atomic E-state index is 12.6. The van der Waals surface area contributed by atoms with E-state index in [1.165, 1.54) is 49.2 Å². The summed E-state index contributed by atoms with van der Waals surface area (Å²) in [6.07, 6.45) is 13.1. The lowest BCUT2D eigenvalue weighted by Crippen LogP contribution is -2.41. The van der Waals surface area contributed by atoms with Crippen molar-refractivity contribution in [2.45, 2.75) is 120 Å². The first-order chi connectivity index (χ1) is 33.1. The van der Waals surface area contributed by atoms with Crippen molar-refractivity contribution in [2.75, 3.05) is 96.0 Å². The molecule has 2 aliphatic heterocycles. The van der Waals surface area contributed by atoms with E-state index in [1.54, 1.807) is 0 Å². The zero-order chi connectivity index (χ0) is 48.6. The summed E-state index contributed by atoms with van der Waals surface area (Å²) >= 11 is 0. The van der Waals surface area contributed by atoms with Crippen LogP contribution in [0, 0.1) is 0 Å². The molecule has 0 unspecified atom stereocenters. The Balaban J connectivity index is 0.000000158. The molecule has 4 heterocycles. The number of rotatable bonds is 17. The van der Waals surface area contributed by atoms with Crippen molar-refractivity contribution >= 4 is 61.1 Å². The number of anilines is 4. The summed E-state index contributed by atoms with van der Waals surface area (Å²) in [4.78, 5) is 12.9. The quantitative estimate of drug-likeness (QED) is 0.0550. The average molecular weight is 1030 g/mol. The van der Waals surface area contributed by atoms with Gasteiger partial charge in [-0.25, -0.2) is 31.3 Å². The smallest absolute Gasteiger partial charge is 0.298 e. The van der Waals surface area contributed by atoms with Gasteiger partial charge in [0.15, 0.2) is 0 Å². The van der Waals surface area contributed by atoms with E-state index in [1.807, 2.05) is 0 Å². The van der Waals surface area contributed by atoms with Gasteiger partial charge in [0, 0.05) is 89.1 Å². The average Bonchev–Trinajstić information content (AvgIpc) is 4.18. The van der Waals surface area contributed by atoms with Crippen LogP contribution in [0.15, 0.2) is 22.4 Å². The number of nitrogens with one attached hydrogen (secondary N) is 4. The topological polar surface area (TPSA) is 237 Å². The minimum absolute atomic E-state index is 0.128. The lowest BCUT2D eigenvalue weighted by atomic mass is 9.99. The predicted octanol–water partition coefficient (Wildman–Crippen LogP) is 4.65. The summed E-state index contributed by atoms with van der Waals surface area (Å²) in [6, 6.07) is 5.74. The van der Waals surface area contributed by atoms with E-state index in [-0.39, 0.29) is 11.9 Å². The molecule has 2 aromatic carbocycles. The molecular weight excluding hydrogens is 960 g/mol. The highest BCUT2D eigenvalue weighted by Gasteiger charge is 2.29. The van der Waals surface area contributed by atoms with Crippen LogP contribution in [0.4, 0.5) is 23.3 Å². The van der Waals surface area contributed by atoms with E-state index in [2.05, 4.69) is 82.2 Å². The summed E-state index contributed by atoms with van der Waals surface area (Å²) in [5.41, 5.74) is 18.5. The van der Waals surface area contributed by atoms with Crippen LogP contribution in [0.3, 0.4) is 0 Å². The van der Waals surface area contributed by atoms with Crippen molar-refractivity contribution in [1.82, 2.24) is 44.5 Å². The molecule has 10 rings (SSSR count). The third kappa shape index (κ3) is 13.7. The summed E-state index contributed by atoms with van der Waals surface area (Å²) in [5, 5.41) is 17.0. The number of hydrogen-bond acceptors (Lipinski definition) is 16. The van der Waals surface area contributed by atoms with Crippen LogP contribution < -0.4 is 21.1 Å². The molecule has 2 fully saturated rings. The second-order valence-corrected chi connectivity index (χ2v) is 29.5. The standard InChI is InChI=1S/C20H29ClN4O3SSi.C20H28N6O3S.C6H14N2O/c1-30(2,3)11-10-28-13-25-19(23-20(24-25)29(21,26)27)22-18-16-8-4-6-14(16)12-15-7-5-9-17(15)18;27-30(28,21-7-8-26-9-11-29-12-10-26)20-23-19(24-25-20)22-18-16-5-1-3-14(16)13-15-4-2-6-17(15)18;7-1-2-8-3-5-9-6-4-8/h12H,4-11,13H2,1-3H3,(H,22,23,24);13,21H,1-12H2,(H2,22,23,24,25);1-7H2. The monoisotopic (exact) mass is 1030 g/mol. The Labute approximate surface area is 412 Å². The van der Waals surface area contributed by atoms with Gasteiger partial charge in [-0.15, -0.1) is 10.2 Å². The minimum atomic E-state index is -4.03. The largest absolute Gasteiger partial charge is 0.379 e. The summed E-state index contributed by atoms with van der Waals surface area (Å²) < 4.78 is 69.3. The fourth-order valence-corrected chi connectivity index (χ4v) is 12.2. The molecule has 0 radical (unpaired) electrons. The maximum absolute atomic E-state index is 12.6. The Kier molecular flexibility index (Phi) is 17.5. The molecule has 0 amide bonds. The van der Waals surface area contributed by atoms with Gasteiger partial charge in [0.2, 0.25) is 11.9 Å². The second kappa shape index (κ2) is 23.3. The van der Waals surface area contributed by atoms with Crippen molar-refractivity contribution < 1.29 is 31.0 Å². The third-order valence-electron chi connectivity index (χ3n) is 13.6. The Bertz CT molecular complexity index is 2550. The highest BCUT2D eigenvalue weighted by molar-refractivity contribution is 8.13. The molecule has 19 nitrogen and oxygen atoms in total. The van der Waals surface area contributed by atoms with Gasteiger partial charge in [0.1, 0.15) is 6.73 Å². The van der Waals surface area contributed by atoms with E-state index in [9.17, 15) is 16.8 Å². The van der Waals surface area contributed by atoms with Gasteiger partial charge in [0.25, 0.3) is 29.4 Å². The predicted molar refractivity (Wildman–Crippen MR) is 270 cm³/mol. The van der Waals surface area contributed by atoms with Crippen LogP contribution in [0.2, 0.25) is 25.7 Å². The van der Waals surface area contributed by atoms with E-state index < -0.39 is 32.3 Å². The number of hydrogen-bond donors (Lipinski definition) is 5. The van der Waals surface area contributed by atoms with Gasteiger partial charge in [-0.3, -0.25) is 9.80 Å². The number of aryl methyl sites for hydroxylation is 4. The highest BCUT2D eigenvalue weighted by atomic mass is 35.7. The zero-order valence-electron chi connectivity index (χ0n) is 40.5. The van der Waals surface area contributed by atoms with Crippen LogP contribution >= 0.6 is 10.7 Å². The Morgan fingerprint density at radius 3 is 1.74 bits per heavy atom. The first-order valence-corrected chi connectivity index (χ1v) is 32.2. The molecule has 23 heteroatoms. The van der Waals surface area contributed by atoms with Gasteiger partial charge in [-0.2, -0.15) is 9.97 Å². The molecule has 0 saturated carbocycles. The molecule has 0 bridgehead atoms. The van der Waals surface area contributed by atoms with Gasteiger partial charge >= 0.3 is 0 Å².